The van der Waals surface area contributed by atoms with Gasteiger partial charge in [0, 0.05) is 50.9 Å². The van der Waals surface area contributed by atoms with Crippen LogP contribution in [-0.4, -0.2) is 62.2 Å². The summed E-state index contributed by atoms with van der Waals surface area (Å²) in [6, 6.07) is 21.7. The van der Waals surface area contributed by atoms with Gasteiger partial charge >= 0.3 is 0 Å². The molecule has 2 saturated heterocycles. The van der Waals surface area contributed by atoms with Crippen LogP contribution in [0.5, 0.6) is 5.75 Å². The summed E-state index contributed by atoms with van der Waals surface area (Å²) in [4.78, 5) is 7.80. The fourth-order valence-electron chi connectivity index (χ4n) is 5.26. The lowest BCUT2D eigenvalue weighted by Crippen LogP contribution is -2.55. The molecule has 3 aromatic rings. The molecule has 5 nitrogen and oxygen atoms in total. The molecule has 1 aromatic heterocycles. The van der Waals surface area contributed by atoms with E-state index < -0.39 is 0 Å². The van der Waals surface area contributed by atoms with E-state index in [1.807, 2.05) is 12.1 Å². The first-order valence-electron chi connectivity index (χ1n) is 11.8. The minimum absolute atomic E-state index is 0.638. The van der Waals surface area contributed by atoms with Crippen molar-refractivity contribution in [3.05, 3.63) is 72.5 Å². The number of likely N-dealkylation sites (tertiary alicyclic amines) is 1. The number of rotatable bonds is 6. The Morgan fingerprint density at radius 1 is 0.906 bits per heavy atom. The summed E-state index contributed by atoms with van der Waals surface area (Å²) in [5.41, 5.74) is 3.78. The molecule has 0 spiro atoms. The highest BCUT2D eigenvalue weighted by molar-refractivity contribution is 5.62. The van der Waals surface area contributed by atoms with Gasteiger partial charge in [-0.2, -0.15) is 0 Å². The number of furan rings is 1. The van der Waals surface area contributed by atoms with Crippen LogP contribution < -0.4 is 9.64 Å². The Morgan fingerprint density at radius 3 is 2.53 bits per heavy atom. The maximum Gasteiger partial charge on any atom is 0.142 e. The molecular weight excluding hydrogens is 398 g/mol. The van der Waals surface area contributed by atoms with Gasteiger partial charge in [-0.1, -0.05) is 36.4 Å². The second-order valence-corrected chi connectivity index (χ2v) is 8.86. The number of piperazine rings is 1. The average Bonchev–Trinajstić information content (AvgIpc) is 3.40. The molecule has 32 heavy (non-hydrogen) atoms. The molecule has 0 aliphatic carbocycles. The van der Waals surface area contributed by atoms with Gasteiger partial charge in [-0.15, -0.1) is 0 Å². The summed E-state index contributed by atoms with van der Waals surface area (Å²) >= 11 is 0. The number of para-hydroxylation sites is 2. The zero-order valence-electron chi connectivity index (χ0n) is 19.0. The summed E-state index contributed by atoms with van der Waals surface area (Å²) < 4.78 is 11.3. The Labute approximate surface area is 191 Å². The van der Waals surface area contributed by atoms with Crippen molar-refractivity contribution >= 4 is 5.69 Å². The molecule has 1 atom stereocenters. The number of hydrogen-bond donors (Lipinski definition) is 0. The van der Waals surface area contributed by atoms with Crippen molar-refractivity contribution in [1.29, 1.82) is 0 Å². The number of nitrogens with zero attached hydrogens (tertiary/aromatic N) is 3. The lowest BCUT2D eigenvalue weighted by molar-refractivity contribution is 0.0887. The topological polar surface area (TPSA) is 32.1 Å². The third-order valence-corrected chi connectivity index (χ3v) is 6.94. The minimum Gasteiger partial charge on any atom is -0.495 e. The van der Waals surface area contributed by atoms with E-state index in [9.17, 15) is 0 Å². The summed E-state index contributed by atoms with van der Waals surface area (Å²) in [7, 11) is 1.76. The van der Waals surface area contributed by atoms with Gasteiger partial charge in [0.05, 0.1) is 19.1 Å². The molecule has 2 aromatic carbocycles. The Hall–Kier alpha value is -2.76. The van der Waals surface area contributed by atoms with E-state index >= 15 is 0 Å². The van der Waals surface area contributed by atoms with Crippen LogP contribution in [0.4, 0.5) is 5.69 Å². The van der Waals surface area contributed by atoms with E-state index in [4.69, 9.17) is 9.15 Å². The molecular formula is C27H33N3O2. The van der Waals surface area contributed by atoms with Gasteiger partial charge in [-0.25, -0.2) is 0 Å². The second kappa shape index (κ2) is 9.80. The van der Waals surface area contributed by atoms with Crippen molar-refractivity contribution in [2.75, 3.05) is 51.3 Å². The van der Waals surface area contributed by atoms with Crippen LogP contribution in [0.25, 0.3) is 11.3 Å². The van der Waals surface area contributed by atoms with Gasteiger partial charge < -0.3 is 14.1 Å². The SMILES string of the molecule is COc1ccccc1N1CCN(C2CCCN(Cc3ccccc3-c3ccco3)C2)CC1. The molecule has 0 amide bonds. The van der Waals surface area contributed by atoms with E-state index in [-0.39, 0.29) is 0 Å². The lowest BCUT2D eigenvalue weighted by atomic mass is 10.00. The molecule has 5 rings (SSSR count). The van der Waals surface area contributed by atoms with Gasteiger partial charge in [-0.3, -0.25) is 9.80 Å². The molecule has 3 heterocycles. The predicted molar refractivity (Wildman–Crippen MR) is 129 cm³/mol. The van der Waals surface area contributed by atoms with Gasteiger partial charge in [-0.05, 0) is 49.2 Å². The Kier molecular flexibility index (Phi) is 6.46. The fourth-order valence-corrected chi connectivity index (χ4v) is 5.26. The molecule has 0 saturated carbocycles. The first-order valence-corrected chi connectivity index (χ1v) is 11.8. The number of hydrogen-bond acceptors (Lipinski definition) is 5. The van der Waals surface area contributed by atoms with Gasteiger partial charge in [0.15, 0.2) is 0 Å². The Morgan fingerprint density at radius 2 is 1.72 bits per heavy atom. The first-order chi connectivity index (χ1) is 15.8. The number of piperidine rings is 1. The molecule has 0 radical (unpaired) electrons. The van der Waals surface area contributed by atoms with Gasteiger partial charge in [0.25, 0.3) is 0 Å². The van der Waals surface area contributed by atoms with E-state index in [1.165, 1.54) is 36.2 Å². The summed E-state index contributed by atoms with van der Waals surface area (Å²) in [5, 5.41) is 0. The number of anilines is 1. The monoisotopic (exact) mass is 431 g/mol. The van der Waals surface area contributed by atoms with Gasteiger partial charge in [0.1, 0.15) is 11.5 Å². The Balaban J connectivity index is 1.21. The maximum absolute atomic E-state index is 5.69. The molecule has 0 bridgehead atoms. The average molecular weight is 432 g/mol. The third kappa shape index (κ3) is 4.54. The van der Waals surface area contributed by atoms with Gasteiger partial charge in [0.2, 0.25) is 0 Å². The van der Waals surface area contributed by atoms with Crippen molar-refractivity contribution in [2.45, 2.75) is 25.4 Å². The normalized spacial score (nSPS) is 20.4. The third-order valence-electron chi connectivity index (χ3n) is 6.94. The highest BCUT2D eigenvalue weighted by Crippen LogP contribution is 2.30. The molecule has 0 N–H and O–H groups in total. The largest absolute Gasteiger partial charge is 0.495 e. The van der Waals surface area contributed by atoms with Crippen molar-refractivity contribution < 1.29 is 9.15 Å². The number of ether oxygens (including phenoxy) is 1. The van der Waals surface area contributed by atoms with Crippen molar-refractivity contribution in [3.63, 3.8) is 0 Å². The first kappa shape index (κ1) is 21.1. The number of methoxy groups -OCH3 is 1. The molecule has 5 heteroatoms. The van der Waals surface area contributed by atoms with Crippen LogP contribution in [0.15, 0.2) is 71.3 Å². The van der Waals surface area contributed by atoms with Crippen molar-refractivity contribution in [1.82, 2.24) is 9.80 Å². The van der Waals surface area contributed by atoms with E-state index in [1.54, 1.807) is 13.4 Å². The van der Waals surface area contributed by atoms with Crippen LogP contribution in [-0.2, 0) is 6.54 Å². The van der Waals surface area contributed by atoms with Crippen LogP contribution in [0.1, 0.15) is 18.4 Å². The number of benzene rings is 2. The van der Waals surface area contributed by atoms with Crippen LogP contribution in [0, 0.1) is 0 Å². The minimum atomic E-state index is 0.638. The van der Waals surface area contributed by atoms with E-state index in [0.29, 0.717) is 6.04 Å². The summed E-state index contributed by atoms with van der Waals surface area (Å²) in [6.45, 7) is 7.62. The zero-order chi connectivity index (χ0) is 21.8. The molecule has 168 valence electrons. The molecule has 2 aliphatic rings. The molecule has 2 fully saturated rings. The van der Waals surface area contributed by atoms with Crippen LogP contribution >= 0.6 is 0 Å². The van der Waals surface area contributed by atoms with Crippen molar-refractivity contribution in [2.24, 2.45) is 0 Å². The highest BCUT2D eigenvalue weighted by atomic mass is 16.5. The summed E-state index contributed by atoms with van der Waals surface area (Å²) in [6.07, 6.45) is 4.32. The van der Waals surface area contributed by atoms with Crippen molar-refractivity contribution in [3.8, 4) is 17.1 Å². The standard InChI is InChI=1S/C27H33N3O2/c1-31-27-12-5-4-11-25(27)30-17-15-29(16-18-30)23-9-6-14-28(21-23)20-22-8-2-3-10-24(22)26-13-7-19-32-26/h2-5,7-8,10-13,19,23H,6,9,14-18,20-21H2,1H3. The summed E-state index contributed by atoms with van der Waals surface area (Å²) in [5.74, 6) is 1.93. The zero-order valence-corrected chi connectivity index (χ0v) is 19.0. The van der Waals surface area contributed by atoms with E-state index in [2.05, 4.69) is 63.2 Å². The molecule has 2 aliphatic heterocycles. The lowest BCUT2D eigenvalue weighted by Gasteiger charge is -2.44. The smallest absolute Gasteiger partial charge is 0.142 e. The van der Waals surface area contributed by atoms with E-state index in [0.717, 1.165) is 50.8 Å². The predicted octanol–water partition coefficient (Wildman–Crippen LogP) is 4.74. The molecule has 1 unspecified atom stereocenters. The quantitative estimate of drug-likeness (QED) is 0.563. The van der Waals surface area contributed by atoms with Crippen LogP contribution in [0.2, 0.25) is 0 Å². The second-order valence-electron chi connectivity index (χ2n) is 8.86. The Bertz CT molecular complexity index is 996. The maximum atomic E-state index is 5.69. The fraction of sp³-hybridized carbons (Fsp3) is 0.407. The highest BCUT2D eigenvalue weighted by Gasteiger charge is 2.29. The van der Waals surface area contributed by atoms with Crippen LogP contribution in [0.3, 0.4) is 0 Å².